The van der Waals surface area contributed by atoms with E-state index in [1.54, 1.807) is 12.3 Å². The topological polar surface area (TPSA) is 82.7 Å². The van der Waals surface area contributed by atoms with Crippen molar-refractivity contribution in [2.75, 3.05) is 19.6 Å². The Balaban J connectivity index is 1.50. The fourth-order valence-corrected chi connectivity index (χ4v) is 3.10. The van der Waals surface area contributed by atoms with E-state index in [0.717, 1.165) is 31.0 Å². The Kier molecular flexibility index (Phi) is 3.54. The van der Waals surface area contributed by atoms with Gasteiger partial charge in [0, 0.05) is 18.7 Å². The standard InChI is InChI=1S/C16H21N5O/c22-16(19-9-10-2-1-6-17-8-10)12-5-7-18-15-13(12)20-14(21-15)11-3-4-11/h5,7,10-11,17H,1-4,6,8-9H2,(H,19,22)(H,18,20,21)/t10-/m0/s1. The molecule has 6 nitrogen and oxygen atoms in total. The summed E-state index contributed by atoms with van der Waals surface area (Å²) in [5.41, 5.74) is 2.06. The summed E-state index contributed by atoms with van der Waals surface area (Å²) in [5.74, 6) is 1.99. The fourth-order valence-electron chi connectivity index (χ4n) is 3.10. The van der Waals surface area contributed by atoms with Gasteiger partial charge in [-0.15, -0.1) is 0 Å². The number of H-pyrrole nitrogens is 1. The Hall–Kier alpha value is -1.95. The molecule has 0 unspecified atom stereocenters. The minimum atomic E-state index is -0.0380. The molecule has 1 atom stereocenters. The molecule has 0 radical (unpaired) electrons. The van der Waals surface area contributed by atoms with Crippen LogP contribution in [0.5, 0.6) is 0 Å². The predicted molar refractivity (Wildman–Crippen MR) is 83.8 cm³/mol. The van der Waals surface area contributed by atoms with Crippen molar-refractivity contribution in [2.45, 2.75) is 31.6 Å². The van der Waals surface area contributed by atoms with E-state index >= 15 is 0 Å². The van der Waals surface area contributed by atoms with Crippen LogP contribution in [0.4, 0.5) is 0 Å². The normalized spacial score (nSPS) is 21.9. The van der Waals surface area contributed by atoms with Gasteiger partial charge in [-0.25, -0.2) is 9.97 Å². The van der Waals surface area contributed by atoms with Crippen molar-refractivity contribution in [3.63, 3.8) is 0 Å². The third-order valence-corrected chi connectivity index (χ3v) is 4.57. The summed E-state index contributed by atoms with van der Waals surface area (Å²) in [4.78, 5) is 24.6. The van der Waals surface area contributed by atoms with Gasteiger partial charge in [-0.2, -0.15) is 0 Å². The summed E-state index contributed by atoms with van der Waals surface area (Å²) in [5, 5.41) is 6.43. The number of aromatic amines is 1. The first kappa shape index (κ1) is 13.7. The monoisotopic (exact) mass is 299 g/mol. The van der Waals surface area contributed by atoms with E-state index in [2.05, 4.69) is 25.6 Å². The van der Waals surface area contributed by atoms with Crippen molar-refractivity contribution < 1.29 is 4.79 Å². The molecule has 2 aliphatic rings. The minimum Gasteiger partial charge on any atom is -0.352 e. The zero-order chi connectivity index (χ0) is 14.9. The van der Waals surface area contributed by atoms with Crippen LogP contribution in [0.3, 0.4) is 0 Å². The Morgan fingerprint density at radius 3 is 3.05 bits per heavy atom. The van der Waals surface area contributed by atoms with E-state index in [4.69, 9.17) is 0 Å². The summed E-state index contributed by atoms with van der Waals surface area (Å²) in [6, 6.07) is 1.77. The molecule has 1 saturated carbocycles. The summed E-state index contributed by atoms with van der Waals surface area (Å²) in [7, 11) is 0. The van der Waals surface area contributed by atoms with Gasteiger partial charge in [0.05, 0.1) is 11.1 Å². The van der Waals surface area contributed by atoms with Crippen LogP contribution in [0, 0.1) is 5.92 Å². The lowest BCUT2D eigenvalue weighted by Crippen LogP contribution is -2.38. The van der Waals surface area contributed by atoms with Crippen LogP contribution in [0.25, 0.3) is 11.2 Å². The third-order valence-electron chi connectivity index (χ3n) is 4.57. The zero-order valence-corrected chi connectivity index (χ0v) is 12.6. The summed E-state index contributed by atoms with van der Waals surface area (Å²) in [6.45, 7) is 2.80. The number of aromatic nitrogens is 3. The number of hydrogen-bond acceptors (Lipinski definition) is 4. The second-order valence-electron chi connectivity index (χ2n) is 6.38. The Morgan fingerprint density at radius 1 is 1.36 bits per heavy atom. The van der Waals surface area contributed by atoms with E-state index in [1.165, 1.54) is 25.7 Å². The van der Waals surface area contributed by atoms with Crippen molar-refractivity contribution >= 4 is 17.1 Å². The highest BCUT2D eigenvalue weighted by Gasteiger charge is 2.28. The first-order valence-electron chi connectivity index (χ1n) is 8.15. The maximum Gasteiger partial charge on any atom is 0.253 e. The number of hydrogen-bond donors (Lipinski definition) is 3. The van der Waals surface area contributed by atoms with Crippen LogP contribution in [0.2, 0.25) is 0 Å². The number of carbonyl (C=O) groups excluding carboxylic acids is 1. The molecule has 2 aromatic rings. The van der Waals surface area contributed by atoms with E-state index in [1.807, 2.05) is 0 Å². The van der Waals surface area contributed by atoms with Gasteiger partial charge in [0.2, 0.25) is 0 Å². The molecule has 3 N–H and O–H groups in total. The SMILES string of the molecule is O=C(NC[C@H]1CCCNC1)c1ccnc2nc(C3CC3)[nH]c12. The van der Waals surface area contributed by atoms with Gasteiger partial charge in [0.25, 0.3) is 5.91 Å². The Labute approximate surface area is 129 Å². The second-order valence-corrected chi connectivity index (χ2v) is 6.38. The van der Waals surface area contributed by atoms with Gasteiger partial charge in [-0.05, 0) is 50.8 Å². The van der Waals surface area contributed by atoms with Crippen LogP contribution in [0.15, 0.2) is 12.3 Å². The molecule has 2 fully saturated rings. The molecule has 1 aliphatic heterocycles. The molecule has 0 aromatic carbocycles. The smallest absolute Gasteiger partial charge is 0.253 e. The number of nitrogens with zero attached hydrogens (tertiary/aromatic N) is 2. The lowest BCUT2D eigenvalue weighted by atomic mass is 10.00. The average molecular weight is 299 g/mol. The molecule has 1 saturated heterocycles. The van der Waals surface area contributed by atoms with Crippen molar-refractivity contribution in [1.82, 2.24) is 25.6 Å². The van der Waals surface area contributed by atoms with Gasteiger partial charge in [0.1, 0.15) is 5.82 Å². The zero-order valence-electron chi connectivity index (χ0n) is 12.6. The molecule has 6 heteroatoms. The van der Waals surface area contributed by atoms with E-state index in [9.17, 15) is 4.79 Å². The largest absolute Gasteiger partial charge is 0.352 e. The third kappa shape index (κ3) is 2.70. The molecular weight excluding hydrogens is 278 g/mol. The highest BCUT2D eigenvalue weighted by Crippen LogP contribution is 2.39. The number of rotatable bonds is 4. The van der Waals surface area contributed by atoms with Crippen molar-refractivity contribution in [3.05, 3.63) is 23.7 Å². The second kappa shape index (κ2) is 5.68. The van der Waals surface area contributed by atoms with E-state index in [0.29, 0.717) is 23.0 Å². The molecule has 2 aromatic heterocycles. The van der Waals surface area contributed by atoms with Gasteiger partial charge in [-0.3, -0.25) is 4.79 Å². The first-order chi connectivity index (χ1) is 10.8. The van der Waals surface area contributed by atoms with Gasteiger partial charge in [0.15, 0.2) is 5.65 Å². The predicted octanol–water partition coefficient (Wildman–Crippen LogP) is 1.56. The van der Waals surface area contributed by atoms with Gasteiger partial charge in [-0.1, -0.05) is 0 Å². The Bertz CT molecular complexity index is 685. The summed E-state index contributed by atoms with van der Waals surface area (Å²) < 4.78 is 0. The van der Waals surface area contributed by atoms with E-state index < -0.39 is 0 Å². The molecule has 1 aliphatic carbocycles. The molecule has 22 heavy (non-hydrogen) atoms. The molecule has 1 amide bonds. The van der Waals surface area contributed by atoms with Crippen LogP contribution in [-0.2, 0) is 0 Å². The lowest BCUT2D eigenvalue weighted by Gasteiger charge is -2.22. The quantitative estimate of drug-likeness (QED) is 0.800. The lowest BCUT2D eigenvalue weighted by molar-refractivity contribution is 0.0946. The number of carbonyl (C=O) groups is 1. The minimum absolute atomic E-state index is 0.0380. The fraction of sp³-hybridized carbons (Fsp3) is 0.562. The highest BCUT2D eigenvalue weighted by atomic mass is 16.1. The van der Waals surface area contributed by atoms with Gasteiger partial charge < -0.3 is 15.6 Å². The van der Waals surface area contributed by atoms with Crippen molar-refractivity contribution in [2.24, 2.45) is 5.92 Å². The molecule has 116 valence electrons. The number of amides is 1. The van der Waals surface area contributed by atoms with Gasteiger partial charge >= 0.3 is 0 Å². The van der Waals surface area contributed by atoms with Crippen molar-refractivity contribution in [3.8, 4) is 0 Å². The molecule has 3 heterocycles. The number of nitrogens with one attached hydrogen (secondary N) is 3. The van der Waals surface area contributed by atoms with Crippen molar-refractivity contribution in [1.29, 1.82) is 0 Å². The van der Waals surface area contributed by atoms with Crippen LogP contribution in [0.1, 0.15) is 47.8 Å². The molecule has 0 bridgehead atoms. The number of imidazole rings is 1. The highest BCUT2D eigenvalue weighted by molar-refractivity contribution is 6.04. The maximum absolute atomic E-state index is 12.5. The maximum atomic E-state index is 12.5. The number of fused-ring (bicyclic) bond motifs is 1. The Morgan fingerprint density at radius 2 is 2.27 bits per heavy atom. The summed E-state index contributed by atoms with van der Waals surface area (Å²) >= 11 is 0. The molecule has 0 spiro atoms. The summed E-state index contributed by atoms with van der Waals surface area (Å²) in [6.07, 6.45) is 6.38. The number of pyridine rings is 1. The van der Waals surface area contributed by atoms with Crippen LogP contribution in [-0.4, -0.2) is 40.5 Å². The number of piperidine rings is 1. The molecular formula is C16H21N5O. The first-order valence-corrected chi connectivity index (χ1v) is 8.15. The van der Waals surface area contributed by atoms with E-state index in [-0.39, 0.29) is 5.91 Å². The van der Waals surface area contributed by atoms with Crippen LogP contribution >= 0.6 is 0 Å². The average Bonchev–Trinajstić information content (AvgIpc) is 3.32. The van der Waals surface area contributed by atoms with Crippen LogP contribution < -0.4 is 10.6 Å². The molecule has 4 rings (SSSR count).